The van der Waals surface area contributed by atoms with Crippen LogP contribution in [0.25, 0.3) is 0 Å². The SMILES string of the molecule is CN(CC#Cc1ccccc1)C1CCC(N)CC1. The van der Waals surface area contributed by atoms with Gasteiger partial charge in [-0.15, -0.1) is 0 Å². The van der Waals surface area contributed by atoms with Gasteiger partial charge < -0.3 is 5.73 Å². The maximum atomic E-state index is 5.93. The molecule has 0 aliphatic heterocycles. The van der Waals surface area contributed by atoms with E-state index in [9.17, 15) is 0 Å². The van der Waals surface area contributed by atoms with E-state index in [4.69, 9.17) is 5.73 Å². The molecule has 2 N–H and O–H groups in total. The van der Waals surface area contributed by atoms with Crippen LogP contribution in [-0.2, 0) is 0 Å². The zero-order valence-electron chi connectivity index (χ0n) is 11.1. The standard InChI is InChI=1S/C16H22N2/c1-18(16-11-9-15(17)10-12-16)13-5-8-14-6-3-2-4-7-14/h2-4,6-7,15-16H,9-13,17H2,1H3. The Balaban J connectivity index is 1.81. The van der Waals surface area contributed by atoms with E-state index in [1.807, 2.05) is 30.3 Å². The number of benzene rings is 1. The average Bonchev–Trinajstić information content (AvgIpc) is 2.40. The fourth-order valence-electron chi connectivity index (χ4n) is 2.46. The first-order chi connectivity index (χ1) is 8.75. The zero-order valence-corrected chi connectivity index (χ0v) is 11.1. The number of rotatable bonds is 2. The monoisotopic (exact) mass is 242 g/mol. The van der Waals surface area contributed by atoms with Gasteiger partial charge in [-0.1, -0.05) is 30.0 Å². The minimum atomic E-state index is 0.421. The highest BCUT2D eigenvalue weighted by molar-refractivity contribution is 5.33. The third kappa shape index (κ3) is 3.87. The first-order valence-electron chi connectivity index (χ1n) is 6.75. The van der Waals surface area contributed by atoms with Crippen molar-refractivity contribution < 1.29 is 0 Å². The molecule has 0 amide bonds. The molecule has 2 nitrogen and oxygen atoms in total. The van der Waals surface area contributed by atoms with Crippen LogP contribution in [0.3, 0.4) is 0 Å². The number of nitrogens with two attached hydrogens (primary N) is 1. The molecule has 0 atom stereocenters. The molecule has 1 fully saturated rings. The second kappa shape index (κ2) is 6.58. The highest BCUT2D eigenvalue weighted by Gasteiger charge is 2.20. The van der Waals surface area contributed by atoms with Gasteiger partial charge in [-0.05, 0) is 44.9 Å². The van der Waals surface area contributed by atoms with E-state index >= 15 is 0 Å². The molecule has 1 aliphatic rings. The van der Waals surface area contributed by atoms with Crippen LogP contribution in [0.4, 0.5) is 0 Å². The van der Waals surface area contributed by atoms with Crippen molar-refractivity contribution in [2.75, 3.05) is 13.6 Å². The molecular formula is C16H22N2. The van der Waals surface area contributed by atoms with E-state index in [1.165, 1.54) is 12.8 Å². The van der Waals surface area contributed by atoms with Gasteiger partial charge in [0.1, 0.15) is 0 Å². The second-order valence-electron chi connectivity index (χ2n) is 5.15. The van der Waals surface area contributed by atoms with Crippen molar-refractivity contribution in [2.45, 2.75) is 37.8 Å². The molecule has 0 unspecified atom stereocenters. The summed E-state index contributed by atoms with van der Waals surface area (Å²) in [5.41, 5.74) is 7.02. The Labute approximate surface area is 110 Å². The lowest BCUT2D eigenvalue weighted by atomic mass is 9.91. The van der Waals surface area contributed by atoms with Gasteiger partial charge in [0.05, 0.1) is 6.54 Å². The maximum absolute atomic E-state index is 5.93. The quantitative estimate of drug-likeness (QED) is 0.806. The number of hydrogen-bond donors (Lipinski definition) is 1. The van der Waals surface area contributed by atoms with Crippen LogP contribution in [0.5, 0.6) is 0 Å². The molecule has 2 rings (SSSR count). The van der Waals surface area contributed by atoms with Crippen molar-refractivity contribution in [3.05, 3.63) is 35.9 Å². The summed E-state index contributed by atoms with van der Waals surface area (Å²) >= 11 is 0. The molecule has 0 spiro atoms. The van der Waals surface area contributed by atoms with Crippen molar-refractivity contribution in [1.29, 1.82) is 0 Å². The molecule has 0 bridgehead atoms. The van der Waals surface area contributed by atoms with E-state index in [2.05, 4.69) is 23.8 Å². The summed E-state index contributed by atoms with van der Waals surface area (Å²) in [4.78, 5) is 2.36. The number of hydrogen-bond acceptors (Lipinski definition) is 2. The van der Waals surface area contributed by atoms with E-state index in [0.717, 1.165) is 24.9 Å². The zero-order chi connectivity index (χ0) is 12.8. The lowest BCUT2D eigenvalue weighted by Crippen LogP contribution is -2.38. The lowest BCUT2D eigenvalue weighted by Gasteiger charge is -2.32. The Morgan fingerprint density at radius 1 is 1.17 bits per heavy atom. The Hall–Kier alpha value is -1.30. The molecular weight excluding hydrogens is 220 g/mol. The van der Waals surface area contributed by atoms with E-state index < -0.39 is 0 Å². The molecule has 1 aromatic rings. The van der Waals surface area contributed by atoms with Crippen molar-refractivity contribution in [3.8, 4) is 11.8 Å². The Morgan fingerprint density at radius 3 is 2.50 bits per heavy atom. The van der Waals surface area contributed by atoms with Crippen LogP contribution in [0.2, 0.25) is 0 Å². The summed E-state index contributed by atoms with van der Waals surface area (Å²) in [6, 6.07) is 11.2. The highest BCUT2D eigenvalue weighted by Crippen LogP contribution is 2.20. The van der Waals surface area contributed by atoms with E-state index in [0.29, 0.717) is 12.1 Å². The van der Waals surface area contributed by atoms with Gasteiger partial charge in [-0.25, -0.2) is 0 Å². The van der Waals surface area contributed by atoms with Crippen molar-refractivity contribution in [2.24, 2.45) is 5.73 Å². The largest absolute Gasteiger partial charge is 0.328 e. The second-order valence-corrected chi connectivity index (χ2v) is 5.15. The van der Waals surface area contributed by atoms with Crippen molar-refractivity contribution >= 4 is 0 Å². The van der Waals surface area contributed by atoms with Gasteiger partial charge >= 0.3 is 0 Å². The molecule has 1 aliphatic carbocycles. The van der Waals surface area contributed by atoms with Crippen LogP contribution in [0, 0.1) is 11.8 Å². The number of nitrogens with zero attached hydrogens (tertiary/aromatic N) is 1. The summed E-state index contributed by atoms with van der Waals surface area (Å²) in [6.07, 6.45) is 4.73. The van der Waals surface area contributed by atoms with Gasteiger partial charge in [0.15, 0.2) is 0 Å². The normalized spacial score (nSPS) is 23.5. The van der Waals surface area contributed by atoms with Gasteiger partial charge in [-0.2, -0.15) is 0 Å². The molecule has 0 radical (unpaired) electrons. The predicted molar refractivity (Wildman–Crippen MR) is 76.2 cm³/mol. The van der Waals surface area contributed by atoms with Gasteiger partial charge in [0, 0.05) is 17.6 Å². The van der Waals surface area contributed by atoms with Gasteiger partial charge in [-0.3, -0.25) is 4.90 Å². The molecule has 1 aromatic carbocycles. The summed E-state index contributed by atoms with van der Waals surface area (Å²) < 4.78 is 0. The summed E-state index contributed by atoms with van der Waals surface area (Å²) in [5, 5.41) is 0. The lowest BCUT2D eigenvalue weighted by molar-refractivity contribution is 0.201. The van der Waals surface area contributed by atoms with Crippen LogP contribution >= 0.6 is 0 Å². The van der Waals surface area contributed by atoms with Crippen molar-refractivity contribution in [1.82, 2.24) is 4.90 Å². The summed E-state index contributed by atoms with van der Waals surface area (Å²) in [7, 11) is 2.17. The van der Waals surface area contributed by atoms with Gasteiger partial charge in [0.2, 0.25) is 0 Å². The molecule has 0 aromatic heterocycles. The molecule has 1 saturated carbocycles. The highest BCUT2D eigenvalue weighted by atomic mass is 15.1. The van der Waals surface area contributed by atoms with E-state index in [-0.39, 0.29) is 0 Å². The average molecular weight is 242 g/mol. The minimum Gasteiger partial charge on any atom is -0.328 e. The fraction of sp³-hybridized carbons (Fsp3) is 0.500. The van der Waals surface area contributed by atoms with Crippen LogP contribution < -0.4 is 5.73 Å². The predicted octanol–water partition coefficient (Wildman–Crippen LogP) is 2.24. The molecule has 0 heterocycles. The smallest absolute Gasteiger partial charge is 0.0605 e. The first-order valence-corrected chi connectivity index (χ1v) is 6.75. The molecule has 18 heavy (non-hydrogen) atoms. The Bertz CT molecular complexity index is 408. The Kier molecular flexibility index (Phi) is 4.81. The topological polar surface area (TPSA) is 29.3 Å². The fourth-order valence-corrected chi connectivity index (χ4v) is 2.46. The minimum absolute atomic E-state index is 0.421. The summed E-state index contributed by atoms with van der Waals surface area (Å²) in [5.74, 6) is 6.46. The maximum Gasteiger partial charge on any atom is 0.0605 e. The molecule has 0 saturated heterocycles. The van der Waals surface area contributed by atoms with Gasteiger partial charge in [0.25, 0.3) is 0 Å². The molecule has 96 valence electrons. The van der Waals surface area contributed by atoms with E-state index in [1.54, 1.807) is 0 Å². The van der Waals surface area contributed by atoms with Crippen LogP contribution in [0.1, 0.15) is 31.2 Å². The van der Waals surface area contributed by atoms with Crippen LogP contribution in [-0.4, -0.2) is 30.6 Å². The molecule has 2 heteroatoms. The third-order valence-electron chi connectivity index (χ3n) is 3.70. The Morgan fingerprint density at radius 2 is 1.83 bits per heavy atom. The summed E-state index contributed by atoms with van der Waals surface area (Å²) in [6.45, 7) is 0.842. The third-order valence-corrected chi connectivity index (χ3v) is 3.70. The van der Waals surface area contributed by atoms with Crippen LogP contribution in [0.15, 0.2) is 30.3 Å². The van der Waals surface area contributed by atoms with Crippen molar-refractivity contribution in [3.63, 3.8) is 0 Å². The first kappa shape index (κ1) is 13.1.